The number of pyridine rings is 2. The van der Waals surface area contributed by atoms with E-state index < -0.39 is 0 Å². The highest BCUT2D eigenvalue weighted by Crippen LogP contribution is 2.25. The lowest BCUT2D eigenvalue weighted by Crippen LogP contribution is -2.51. The van der Waals surface area contributed by atoms with E-state index in [2.05, 4.69) is 25.9 Å². The average molecular weight is 383 g/mol. The fourth-order valence-corrected chi connectivity index (χ4v) is 4.42. The predicted octanol–water partition coefficient (Wildman–Crippen LogP) is 1.93. The van der Waals surface area contributed by atoms with Gasteiger partial charge in [0, 0.05) is 36.3 Å². The zero-order chi connectivity index (χ0) is 19.5. The molecule has 0 unspecified atom stereocenters. The smallest absolute Gasteiger partial charge is 0.251 e. The molecule has 150 valence electrons. The number of aromatic nitrogens is 2. The van der Waals surface area contributed by atoms with Crippen molar-refractivity contribution in [3.05, 3.63) is 34.2 Å². The van der Waals surface area contributed by atoms with E-state index in [1.54, 1.807) is 13.1 Å². The molecule has 1 saturated carbocycles. The summed E-state index contributed by atoms with van der Waals surface area (Å²) in [5.74, 6) is 1.20. The Kier molecular flexibility index (Phi) is 5.62. The van der Waals surface area contributed by atoms with Crippen molar-refractivity contribution in [1.29, 1.82) is 0 Å². The maximum atomic E-state index is 12.8. The molecule has 1 aliphatic carbocycles. The summed E-state index contributed by atoms with van der Waals surface area (Å²) in [6.07, 6.45) is 7.56. The Hall–Kier alpha value is -2.41. The number of carbonyl (C=O) groups is 1. The zero-order valence-corrected chi connectivity index (χ0v) is 16.4. The minimum absolute atomic E-state index is 0.0206. The summed E-state index contributed by atoms with van der Waals surface area (Å²) in [6.45, 7) is 4.07. The summed E-state index contributed by atoms with van der Waals surface area (Å²) in [7, 11) is 0. The molecular formula is C21H29N5O2. The van der Waals surface area contributed by atoms with Crippen molar-refractivity contribution in [2.24, 2.45) is 11.8 Å². The Balaban J connectivity index is 1.50. The molecule has 4 N–H and O–H groups in total. The van der Waals surface area contributed by atoms with Gasteiger partial charge < -0.3 is 20.9 Å². The van der Waals surface area contributed by atoms with Gasteiger partial charge in [-0.2, -0.15) is 0 Å². The summed E-state index contributed by atoms with van der Waals surface area (Å²) in [6, 6.07) is 3.74. The molecule has 0 radical (unpaired) electrons. The number of nitrogens with one attached hydrogen (secondary N) is 4. The molecule has 2 atom stereocenters. The second kappa shape index (κ2) is 8.31. The van der Waals surface area contributed by atoms with E-state index in [0.717, 1.165) is 24.9 Å². The van der Waals surface area contributed by atoms with Crippen LogP contribution in [0.15, 0.2) is 23.1 Å². The predicted molar refractivity (Wildman–Crippen MR) is 110 cm³/mol. The van der Waals surface area contributed by atoms with Gasteiger partial charge in [-0.25, -0.2) is 4.98 Å². The molecule has 7 heteroatoms. The van der Waals surface area contributed by atoms with Crippen molar-refractivity contribution in [3.63, 3.8) is 0 Å². The summed E-state index contributed by atoms with van der Waals surface area (Å²) in [5, 5.41) is 10.9. The van der Waals surface area contributed by atoms with Gasteiger partial charge in [0.05, 0.1) is 11.4 Å². The maximum Gasteiger partial charge on any atom is 0.251 e. The highest BCUT2D eigenvalue weighted by Gasteiger charge is 2.32. The molecule has 1 amide bonds. The quantitative estimate of drug-likeness (QED) is 0.632. The van der Waals surface area contributed by atoms with Gasteiger partial charge in [-0.05, 0) is 50.8 Å². The number of aromatic amines is 1. The minimum Gasteiger partial charge on any atom is -0.365 e. The van der Waals surface area contributed by atoms with Crippen molar-refractivity contribution >= 4 is 22.6 Å². The van der Waals surface area contributed by atoms with Crippen molar-refractivity contribution in [2.45, 2.75) is 45.1 Å². The van der Waals surface area contributed by atoms with Crippen LogP contribution in [-0.4, -0.2) is 41.6 Å². The van der Waals surface area contributed by atoms with Gasteiger partial charge in [-0.15, -0.1) is 0 Å². The standard InChI is InChI=1S/C21H29N5O2/c1-13-10-15-6-9-23-19(18(15)26-20(13)27)25-17-7-8-22-12-16(17)21(28)24-11-14-4-2-3-5-14/h6,9-10,14,16-17,22H,2-5,7-8,11-12H2,1H3,(H,23,25)(H,24,28)(H,26,27)/t16-,17-/m1/s1. The Morgan fingerprint density at radius 3 is 2.93 bits per heavy atom. The molecule has 4 rings (SSSR count). The van der Waals surface area contributed by atoms with E-state index in [-0.39, 0.29) is 23.4 Å². The lowest BCUT2D eigenvalue weighted by molar-refractivity contribution is -0.125. The number of H-pyrrole nitrogens is 1. The van der Waals surface area contributed by atoms with E-state index in [1.165, 1.54) is 25.7 Å². The number of carbonyl (C=O) groups excluding carboxylic acids is 1. The molecule has 1 aliphatic heterocycles. The van der Waals surface area contributed by atoms with Crippen LogP contribution in [0.1, 0.15) is 37.7 Å². The van der Waals surface area contributed by atoms with Crippen LogP contribution in [0.5, 0.6) is 0 Å². The molecule has 0 bridgehead atoms. The summed E-state index contributed by atoms with van der Waals surface area (Å²) < 4.78 is 0. The largest absolute Gasteiger partial charge is 0.365 e. The van der Waals surface area contributed by atoms with Crippen LogP contribution >= 0.6 is 0 Å². The van der Waals surface area contributed by atoms with E-state index in [4.69, 9.17) is 0 Å². The molecule has 2 aromatic rings. The number of fused-ring (bicyclic) bond motifs is 1. The monoisotopic (exact) mass is 383 g/mol. The lowest BCUT2D eigenvalue weighted by Gasteiger charge is -2.32. The number of rotatable bonds is 5. The maximum absolute atomic E-state index is 12.8. The first kappa shape index (κ1) is 18.9. The zero-order valence-electron chi connectivity index (χ0n) is 16.4. The number of hydrogen-bond acceptors (Lipinski definition) is 5. The fraction of sp³-hybridized carbons (Fsp3) is 0.571. The van der Waals surface area contributed by atoms with Gasteiger partial charge in [0.15, 0.2) is 5.82 Å². The molecule has 2 fully saturated rings. The second-order valence-electron chi connectivity index (χ2n) is 8.15. The average Bonchev–Trinajstić information content (AvgIpc) is 3.22. The van der Waals surface area contributed by atoms with E-state index in [9.17, 15) is 9.59 Å². The number of amides is 1. The van der Waals surface area contributed by atoms with Crippen LogP contribution in [0.3, 0.4) is 0 Å². The summed E-state index contributed by atoms with van der Waals surface area (Å²) in [5.41, 5.74) is 1.26. The Morgan fingerprint density at radius 2 is 2.11 bits per heavy atom. The lowest BCUT2D eigenvalue weighted by atomic mass is 9.92. The van der Waals surface area contributed by atoms with Gasteiger partial charge >= 0.3 is 0 Å². The molecule has 28 heavy (non-hydrogen) atoms. The second-order valence-corrected chi connectivity index (χ2v) is 8.15. The molecule has 3 heterocycles. The first-order valence-electron chi connectivity index (χ1n) is 10.4. The third-order valence-electron chi connectivity index (χ3n) is 6.13. The summed E-state index contributed by atoms with van der Waals surface area (Å²) >= 11 is 0. The van der Waals surface area contributed by atoms with E-state index >= 15 is 0 Å². The van der Waals surface area contributed by atoms with Crippen molar-refractivity contribution in [3.8, 4) is 0 Å². The van der Waals surface area contributed by atoms with Gasteiger partial charge in [-0.1, -0.05) is 12.8 Å². The van der Waals surface area contributed by atoms with Crippen LogP contribution in [0.4, 0.5) is 5.82 Å². The number of nitrogens with zero attached hydrogens (tertiary/aromatic N) is 1. The van der Waals surface area contributed by atoms with Crippen molar-refractivity contribution in [1.82, 2.24) is 20.6 Å². The van der Waals surface area contributed by atoms with E-state index in [0.29, 0.717) is 29.4 Å². The number of piperidine rings is 1. The molecule has 0 aromatic carbocycles. The number of hydrogen-bond donors (Lipinski definition) is 4. The molecular weight excluding hydrogens is 354 g/mol. The Morgan fingerprint density at radius 1 is 1.29 bits per heavy atom. The molecule has 2 aromatic heterocycles. The SMILES string of the molecule is Cc1cc2ccnc(N[C@@H]3CCNC[C@H]3C(=O)NCC3CCCC3)c2[nH]c1=O. The van der Waals surface area contributed by atoms with Gasteiger partial charge in [0.1, 0.15) is 0 Å². The highest BCUT2D eigenvalue weighted by atomic mass is 16.2. The third-order valence-corrected chi connectivity index (χ3v) is 6.13. The van der Waals surface area contributed by atoms with Crippen molar-refractivity contribution in [2.75, 3.05) is 25.0 Å². The van der Waals surface area contributed by atoms with Crippen LogP contribution in [0, 0.1) is 18.8 Å². The molecule has 0 spiro atoms. The number of anilines is 1. The Labute approximate surface area is 164 Å². The highest BCUT2D eigenvalue weighted by molar-refractivity contribution is 5.88. The topological polar surface area (TPSA) is 98.9 Å². The number of aryl methyl sites for hydroxylation is 1. The van der Waals surface area contributed by atoms with Crippen LogP contribution in [-0.2, 0) is 4.79 Å². The van der Waals surface area contributed by atoms with Gasteiger partial charge in [0.2, 0.25) is 5.91 Å². The first-order valence-corrected chi connectivity index (χ1v) is 10.4. The van der Waals surface area contributed by atoms with Crippen LogP contribution in [0.25, 0.3) is 10.9 Å². The fourth-order valence-electron chi connectivity index (χ4n) is 4.42. The van der Waals surface area contributed by atoms with Crippen LogP contribution in [0.2, 0.25) is 0 Å². The first-order chi connectivity index (χ1) is 13.6. The van der Waals surface area contributed by atoms with E-state index in [1.807, 2.05) is 12.1 Å². The van der Waals surface area contributed by atoms with Gasteiger partial charge in [-0.3, -0.25) is 9.59 Å². The summed E-state index contributed by atoms with van der Waals surface area (Å²) in [4.78, 5) is 32.3. The molecule has 2 aliphatic rings. The van der Waals surface area contributed by atoms with Crippen molar-refractivity contribution < 1.29 is 4.79 Å². The molecule has 7 nitrogen and oxygen atoms in total. The minimum atomic E-state index is -0.163. The van der Waals surface area contributed by atoms with Gasteiger partial charge in [0.25, 0.3) is 5.56 Å². The molecule has 1 saturated heterocycles. The Bertz CT molecular complexity index is 903. The van der Waals surface area contributed by atoms with Crippen LogP contribution < -0.4 is 21.5 Å². The normalized spacial score (nSPS) is 23.0. The third kappa shape index (κ3) is 4.04.